The van der Waals surface area contributed by atoms with Crippen LogP contribution in [-0.4, -0.2) is 36.2 Å². The molecule has 2 rings (SSSR count). The molecule has 1 aliphatic rings. The maximum atomic E-state index is 9.35. The number of nitrogens with zero attached hydrogens (tertiary/aromatic N) is 1. The van der Waals surface area contributed by atoms with Gasteiger partial charge in [0.1, 0.15) is 5.75 Å². The van der Waals surface area contributed by atoms with Crippen LogP contribution in [0.1, 0.15) is 18.4 Å². The first-order valence-electron chi connectivity index (χ1n) is 5.90. The smallest absolute Gasteiger partial charge is 0.115 e. The van der Waals surface area contributed by atoms with Gasteiger partial charge in [0.25, 0.3) is 0 Å². The Bertz CT molecular complexity index is 365. The van der Waals surface area contributed by atoms with E-state index in [1.807, 2.05) is 13.0 Å². The van der Waals surface area contributed by atoms with E-state index in [4.69, 9.17) is 0 Å². The number of phenolic OH excluding ortho intramolecular Hbond substituents is 1. The summed E-state index contributed by atoms with van der Waals surface area (Å²) in [5.41, 5.74) is 2.24. The van der Waals surface area contributed by atoms with Crippen molar-refractivity contribution in [2.75, 3.05) is 25.5 Å². The van der Waals surface area contributed by atoms with Gasteiger partial charge in [-0.25, -0.2) is 0 Å². The van der Waals surface area contributed by atoms with E-state index < -0.39 is 0 Å². The molecule has 0 spiro atoms. The van der Waals surface area contributed by atoms with Gasteiger partial charge in [-0.2, -0.15) is 0 Å². The van der Waals surface area contributed by atoms with Crippen molar-refractivity contribution in [3.05, 3.63) is 23.8 Å². The maximum Gasteiger partial charge on any atom is 0.115 e. The fourth-order valence-corrected chi connectivity index (χ4v) is 2.31. The van der Waals surface area contributed by atoms with Crippen LogP contribution in [0.15, 0.2) is 18.2 Å². The second-order valence-corrected chi connectivity index (χ2v) is 4.74. The molecule has 3 heteroatoms. The molecule has 88 valence electrons. The van der Waals surface area contributed by atoms with Gasteiger partial charge in [0.2, 0.25) is 0 Å². The fraction of sp³-hybridized carbons (Fsp3) is 0.538. The molecule has 0 saturated carbocycles. The Hall–Kier alpha value is -1.22. The van der Waals surface area contributed by atoms with Gasteiger partial charge in [0, 0.05) is 18.3 Å². The minimum atomic E-state index is 0.337. The number of benzene rings is 1. The Labute approximate surface area is 97.1 Å². The van der Waals surface area contributed by atoms with Crippen molar-refractivity contribution in [3.63, 3.8) is 0 Å². The molecule has 3 nitrogen and oxygen atoms in total. The lowest BCUT2D eigenvalue weighted by Gasteiger charge is -2.31. The van der Waals surface area contributed by atoms with E-state index in [9.17, 15) is 5.11 Å². The maximum absolute atomic E-state index is 9.35. The molecule has 1 saturated heterocycles. The highest BCUT2D eigenvalue weighted by molar-refractivity contribution is 5.54. The molecule has 0 bridgehead atoms. The SMILES string of the molecule is Cc1cc(O)ccc1NC1CCCN(C)C1. The van der Waals surface area contributed by atoms with Gasteiger partial charge in [0.05, 0.1) is 0 Å². The van der Waals surface area contributed by atoms with E-state index in [-0.39, 0.29) is 0 Å². The van der Waals surface area contributed by atoms with Crippen molar-refractivity contribution < 1.29 is 5.11 Å². The van der Waals surface area contributed by atoms with E-state index in [0.717, 1.165) is 17.8 Å². The fourth-order valence-electron chi connectivity index (χ4n) is 2.31. The zero-order chi connectivity index (χ0) is 11.5. The number of aryl methyl sites for hydroxylation is 1. The highest BCUT2D eigenvalue weighted by atomic mass is 16.3. The summed E-state index contributed by atoms with van der Waals surface area (Å²) in [6.07, 6.45) is 2.48. The molecular weight excluding hydrogens is 200 g/mol. The van der Waals surface area contributed by atoms with Crippen LogP contribution in [0.25, 0.3) is 0 Å². The Kier molecular flexibility index (Phi) is 3.34. The minimum absolute atomic E-state index is 0.337. The van der Waals surface area contributed by atoms with Crippen LogP contribution in [0.2, 0.25) is 0 Å². The molecule has 1 unspecified atom stereocenters. The number of nitrogens with one attached hydrogen (secondary N) is 1. The minimum Gasteiger partial charge on any atom is -0.508 e. The normalized spacial score (nSPS) is 22.0. The molecule has 1 heterocycles. The number of hydrogen-bond acceptors (Lipinski definition) is 3. The first-order valence-corrected chi connectivity index (χ1v) is 5.90. The van der Waals surface area contributed by atoms with Crippen LogP contribution in [0.5, 0.6) is 5.75 Å². The number of hydrogen-bond donors (Lipinski definition) is 2. The molecular formula is C13H20N2O. The molecule has 1 atom stereocenters. The molecule has 1 aromatic carbocycles. The van der Waals surface area contributed by atoms with Crippen LogP contribution in [0.4, 0.5) is 5.69 Å². The molecule has 1 aliphatic heterocycles. The second-order valence-electron chi connectivity index (χ2n) is 4.74. The number of phenols is 1. The van der Waals surface area contributed by atoms with Gasteiger partial charge in [-0.1, -0.05) is 0 Å². The predicted molar refractivity (Wildman–Crippen MR) is 67.0 cm³/mol. The van der Waals surface area contributed by atoms with E-state index in [1.54, 1.807) is 12.1 Å². The van der Waals surface area contributed by atoms with Crippen LogP contribution in [-0.2, 0) is 0 Å². The largest absolute Gasteiger partial charge is 0.508 e. The number of rotatable bonds is 2. The zero-order valence-corrected chi connectivity index (χ0v) is 10.0. The predicted octanol–water partition coefficient (Wildman–Crippen LogP) is 2.21. The summed E-state index contributed by atoms with van der Waals surface area (Å²) in [7, 11) is 2.16. The van der Waals surface area contributed by atoms with Gasteiger partial charge in [0.15, 0.2) is 0 Å². The third kappa shape index (κ3) is 2.67. The summed E-state index contributed by atoms with van der Waals surface area (Å²) in [6.45, 7) is 4.32. The van der Waals surface area contributed by atoms with Gasteiger partial charge in [-0.15, -0.1) is 0 Å². The summed E-state index contributed by atoms with van der Waals surface area (Å²) in [6, 6.07) is 6.03. The van der Waals surface area contributed by atoms with Crippen molar-refractivity contribution in [2.45, 2.75) is 25.8 Å². The first-order chi connectivity index (χ1) is 7.65. The molecule has 1 aromatic rings. The van der Waals surface area contributed by atoms with Gasteiger partial charge < -0.3 is 15.3 Å². The number of likely N-dealkylation sites (N-methyl/N-ethyl adjacent to an activating group) is 1. The number of anilines is 1. The lowest BCUT2D eigenvalue weighted by atomic mass is 10.1. The third-order valence-electron chi connectivity index (χ3n) is 3.19. The Morgan fingerprint density at radius 2 is 2.25 bits per heavy atom. The standard InChI is InChI=1S/C13H20N2O/c1-10-8-12(16)5-6-13(10)14-11-4-3-7-15(2)9-11/h5-6,8,11,14,16H,3-4,7,9H2,1-2H3. The van der Waals surface area contributed by atoms with Gasteiger partial charge >= 0.3 is 0 Å². The van der Waals surface area contributed by atoms with Gasteiger partial charge in [-0.3, -0.25) is 0 Å². The zero-order valence-electron chi connectivity index (χ0n) is 10.0. The average Bonchev–Trinajstić information content (AvgIpc) is 2.22. The van der Waals surface area contributed by atoms with Crippen molar-refractivity contribution >= 4 is 5.69 Å². The molecule has 0 aliphatic carbocycles. The average molecular weight is 220 g/mol. The molecule has 0 aromatic heterocycles. The Balaban J connectivity index is 2.02. The summed E-state index contributed by atoms with van der Waals surface area (Å²) in [4.78, 5) is 2.36. The molecule has 2 N–H and O–H groups in total. The van der Waals surface area contributed by atoms with E-state index >= 15 is 0 Å². The van der Waals surface area contributed by atoms with E-state index in [2.05, 4.69) is 17.3 Å². The number of likely N-dealkylation sites (tertiary alicyclic amines) is 1. The summed E-state index contributed by atoms with van der Waals surface area (Å²) in [5, 5.41) is 12.9. The molecule has 1 fully saturated rings. The quantitative estimate of drug-likeness (QED) is 0.750. The highest BCUT2D eigenvalue weighted by Gasteiger charge is 2.17. The van der Waals surface area contributed by atoms with Crippen molar-refractivity contribution in [1.82, 2.24) is 4.90 Å². The topological polar surface area (TPSA) is 35.5 Å². The van der Waals surface area contributed by atoms with Crippen LogP contribution in [0.3, 0.4) is 0 Å². The van der Waals surface area contributed by atoms with Crippen LogP contribution < -0.4 is 5.32 Å². The third-order valence-corrected chi connectivity index (χ3v) is 3.19. The molecule has 0 amide bonds. The molecule has 16 heavy (non-hydrogen) atoms. The summed E-state index contributed by atoms with van der Waals surface area (Å²) < 4.78 is 0. The summed E-state index contributed by atoms with van der Waals surface area (Å²) >= 11 is 0. The van der Waals surface area contributed by atoms with Crippen molar-refractivity contribution in [2.24, 2.45) is 0 Å². The van der Waals surface area contributed by atoms with Crippen LogP contribution >= 0.6 is 0 Å². The summed E-state index contributed by atoms with van der Waals surface area (Å²) in [5.74, 6) is 0.337. The second kappa shape index (κ2) is 4.74. The number of piperidine rings is 1. The van der Waals surface area contributed by atoms with Crippen LogP contribution in [0, 0.1) is 6.92 Å². The highest BCUT2D eigenvalue weighted by Crippen LogP contribution is 2.22. The monoisotopic (exact) mass is 220 g/mol. The van der Waals surface area contributed by atoms with Gasteiger partial charge in [-0.05, 0) is 57.1 Å². The number of aromatic hydroxyl groups is 1. The van der Waals surface area contributed by atoms with Crippen molar-refractivity contribution in [1.29, 1.82) is 0 Å². The molecule has 0 radical (unpaired) electrons. The van der Waals surface area contributed by atoms with E-state index in [0.29, 0.717) is 11.8 Å². The first kappa shape index (κ1) is 11.3. The lowest BCUT2D eigenvalue weighted by molar-refractivity contribution is 0.261. The Morgan fingerprint density at radius 3 is 2.94 bits per heavy atom. The lowest BCUT2D eigenvalue weighted by Crippen LogP contribution is -2.39. The van der Waals surface area contributed by atoms with E-state index in [1.165, 1.54) is 19.4 Å². The van der Waals surface area contributed by atoms with Crippen molar-refractivity contribution in [3.8, 4) is 5.75 Å². The Morgan fingerprint density at radius 1 is 1.44 bits per heavy atom.